The number of rotatable bonds is 13. The van der Waals surface area contributed by atoms with Crippen molar-refractivity contribution in [2.75, 3.05) is 44.0 Å². The third-order valence-corrected chi connectivity index (χ3v) is 21.9. The van der Waals surface area contributed by atoms with Crippen LogP contribution in [0.2, 0.25) is 36.3 Å². The van der Waals surface area contributed by atoms with Gasteiger partial charge >= 0.3 is 0 Å². The van der Waals surface area contributed by atoms with Crippen LogP contribution >= 0.6 is 0 Å². The number of anilines is 2. The number of hydrogen-bond donors (Lipinski definition) is 3. The molecule has 0 spiro atoms. The van der Waals surface area contributed by atoms with E-state index >= 15 is 0 Å². The molecule has 4 atom stereocenters. The molecule has 4 aliphatic rings. The fourth-order valence-electron chi connectivity index (χ4n) is 7.46. The van der Waals surface area contributed by atoms with Crippen molar-refractivity contribution in [1.82, 2.24) is 9.80 Å². The quantitative estimate of drug-likeness (QED) is 0.107. The highest BCUT2D eigenvalue weighted by atomic mass is 28.4. The molecular formula is C42H62N4O10Si2. The number of nitrogens with one attached hydrogen (secondary N) is 2. The summed E-state index contributed by atoms with van der Waals surface area (Å²) in [5, 5.41) is 16.7. The third-order valence-electron chi connectivity index (χ3n) is 12.9. The maximum absolute atomic E-state index is 13.8. The van der Waals surface area contributed by atoms with Crippen LogP contribution in [0.1, 0.15) is 94.4 Å². The van der Waals surface area contributed by atoms with Gasteiger partial charge in [0.15, 0.2) is 39.6 Å². The zero-order valence-corrected chi connectivity index (χ0v) is 38.0. The first-order chi connectivity index (χ1) is 27.0. The van der Waals surface area contributed by atoms with Crippen LogP contribution in [-0.2, 0) is 18.4 Å². The lowest BCUT2D eigenvalue weighted by molar-refractivity contribution is -0.120. The molecule has 58 heavy (non-hydrogen) atoms. The van der Waals surface area contributed by atoms with Crippen LogP contribution in [0.4, 0.5) is 11.4 Å². The van der Waals surface area contributed by atoms with Gasteiger partial charge in [0, 0.05) is 38.1 Å². The van der Waals surface area contributed by atoms with E-state index in [0.29, 0.717) is 73.8 Å². The zero-order chi connectivity index (χ0) is 42.5. The topological polar surface area (TPSA) is 165 Å². The predicted octanol–water partition coefficient (Wildman–Crippen LogP) is 7.14. The van der Waals surface area contributed by atoms with Gasteiger partial charge in [-0.2, -0.15) is 0 Å². The lowest BCUT2D eigenvalue weighted by atomic mass is 10.1. The number of amides is 4. The summed E-state index contributed by atoms with van der Waals surface area (Å²) in [6, 6.07) is 4.86. The molecule has 4 aliphatic heterocycles. The second-order valence-electron chi connectivity index (χ2n) is 19.1. The number of phenols is 1. The molecule has 0 radical (unpaired) electrons. The molecular weight excluding hydrogens is 777 g/mol. The molecule has 2 fully saturated rings. The molecule has 16 heteroatoms. The average Bonchev–Trinajstić information content (AvgIpc) is 3.70. The first-order valence-corrected chi connectivity index (χ1v) is 26.3. The van der Waals surface area contributed by atoms with E-state index in [4.69, 9.17) is 23.1 Å². The second kappa shape index (κ2) is 16.1. The van der Waals surface area contributed by atoms with Crippen molar-refractivity contribution in [3.63, 3.8) is 0 Å². The van der Waals surface area contributed by atoms with E-state index < -0.39 is 28.7 Å². The Morgan fingerprint density at radius 3 is 1.53 bits per heavy atom. The van der Waals surface area contributed by atoms with Crippen molar-refractivity contribution < 1.29 is 47.3 Å². The van der Waals surface area contributed by atoms with Crippen molar-refractivity contribution in [3.8, 4) is 23.0 Å². The Morgan fingerprint density at radius 1 is 0.655 bits per heavy atom. The molecule has 0 bridgehead atoms. The number of benzene rings is 2. The molecule has 4 heterocycles. The molecule has 0 aromatic heterocycles. The Bertz CT molecular complexity index is 1940. The number of ether oxygens (including phenoxy) is 3. The Balaban J connectivity index is 1.000. The van der Waals surface area contributed by atoms with Gasteiger partial charge in [-0.15, -0.1) is 0 Å². The molecule has 0 saturated carbocycles. The van der Waals surface area contributed by atoms with Gasteiger partial charge in [0.05, 0.1) is 55.0 Å². The van der Waals surface area contributed by atoms with Crippen LogP contribution < -0.4 is 24.8 Å². The highest BCUT2D eigenvalue weighted by Gasteiger charge is 2.49. The predicted molar refractivity (Wildman–Crippen MR) is 226 cm³/mol. The SMILES string of the molecule is COc1cc2c(cc1OCCCCCOc1cc3c(cc1O)C(=O)N1C[C@H](O[Si](C)(C)C(C)(C)C)C[C@H]1C(=O)N3)NC(=O)[C@@H]1C[C@@H](O[Si](C)(C)C(C)(C)C)CN1C2=O. The van der Waals surface area contributed by atoms with Gasteiger partial charge in [0.1, 0.15) is 12.1 Å². The highest BCUT2D eigenvalue weighted by molar-refractivity contribution is 6.74. The highest BCUT2D eigenvalue weighted by Crippen LogP contribution is 2.43. The van der Waals surface area contributed by atoms with E-state index in [0.717, 1.165) is 6.42 Å². The maximum atomic E-state index is 13.8. The molecule has 6 rings (SSSR count). The van der Waals surface area contributed by atoms with E-state index in [1.807, 2.05) is 0 Å². The summed E-state index contributed by atoms with van der Waals surface area (Å²) in [5.74, 6) is -0.321. The summed E-state index contributed by atoms with van der Waals surface area (Å²) >= 11 is 0. The van der Waals surface area contributed by atoms with Gasteiger partial charge < -0.3 is 48.6 Å². The molecule has 318 valence electrons. The number of methoxy groups -OCH3 is 1. The minimum Gasteiger partial charge on any atom is -0.504 e. The number of phenolic OH excluding ortho intramolecular Hbond substituents is 1. The van der Waals surface area contributed by atoms with E-state index in [2.05, 4.69) is 78.4 Å². The number of fused-ring (bicyclic) bond motifs is 4. The summed E-state index contributed by atoms with van der Waals surface area (Å²) in [7, 11) is -2.70. The lowest BCUT2D eigenvalue weighted by Gasteiger charge is -2.38. The molecule has 0 aliphatic carbocycles. The van der Waals surface area contributed by atoms with Gasteiger partial charge in [-0.1, -0.05) is 41.5 Å². The number of nitrogens with zero attached hydrogens (tertiary/aromatic N) is 2. The van der Waals surface area contributed by atoms with E-state index in [-0.39, 0.29) is 69.6 Å². The fraction of sp³-hybridized carbons (Fsp3) is 0.619. The van der Waals surface area contributed by atoms with Crippen LogP contribution in [0.3, 0.4) is 0 Å². The van der Waals surface area contributed by atoms with E-state index in [1.165, 1.54) is 19.2 Å². The summed E-state index contributed by atoms with van der Waals surface area (Å²) in [6.07, 6.45) is 2.45. The van der Waals surface area contributed by atoms with Gasteiger partial charge in [0.2, 0.25) is 11.8 Å². The molecule has 0 unspecified atom stereocenters. The summed E-state index contributed by atoms with van der Waals surface area (Å²) in [5.41, 5.74) is 1.24. The molecule has 4 amide bonds. The number of aromatic hydroxyl groups is 1. The Kier molecular flexibility index (Phi) is 12.1. The number of hydrogen-bond acceptors (Lipinski definition) is 10. The van der Waals surface area contributed by atoms with E-state index in [9.17, 15) is 24.3 Å². The average molecular weight is 839 g/mol. The number of carbonyl (C=O) groups excluding carboxylic acids is 4. The molecule has 2 aromatic carbocycles. The summed E-state index contributed by atoms with van der Waals surface area (Å²) < 4.78 is 30.7. The minimum absolute atomic E-state index is 0.00553. The summed E-state index contributed by atoms with van der Waals surface area (Å²) in [4.78, 5) is 57.4. The van der Waals surface area contributed by atoms with E-state index in [1.54, 1.807) is 21.9 Å². The Labute approximate surface area is 344 Å². The minimum atomic E-state index is -2.11. The molecule has 3 N–H and O–H groups in total. The van der Waals surface area contributed by atoms with Gasteiger partial charge in [-0.05, 0) is 67.7 Å². The van der Waals surface area contributed by atoms with Crippen LogP contribution in [0.25, 0.3) is 0 Å². The maximum Gasteiger partial charge on any atom is 0.256 e. The molecule has 14 nitrogen and oxygen atoms in total. The number of unbranched alkanes of at least 4 members (excludes halogenated alkanes) is 2. The van der Waals surface area contributed by atoms with Gasteiger partial charge in [-0.25, -0.2) is 0 Å². The zero-order valence-electron chi connectivity index (χ0n) is 36.0. The van der Waals surface area contributed by atoms with Crippen molar-refractivity contribution in [2.45, 2.75) is 134 Å². The lowest BCUT2D eigenvalue weighted by Crippen LogP contribution is -2.44. The first kappa shape index (κ1) is 43.5. The first-order valence-electron chi connectivity index (χ1n) is 20.5. The van der Waals surface area contributed by atoms with Gasteiger partial charge in [0.25, 0.3) is 11.8 Å². The summed E-state index contributed by atoms with van der Waals surface area (Å²) in [6.45, 7) is 22.9. The normalized spacial score (nSPS) is 22.3. The van der Waals surface area contributed by atoms with Crippen molar-refractivity contribution in [3.05, 3.63) is 35.4 Å². The standard InChI is InChI=1S/C42H62N4O10Si2/c1-41(2,3)57(8,9)55-25-17-31-37(48)43-29-21-34(33(47)19-27(29)39(50)45(31)23-25)53-15-13-12-14-16-54-36-22-30-28(20-35(36)52-7)40(51)46-24-26(18-32(46)38(49)44-30)56-58(10,11)42(4,5)6/h19-22,25-26,31-32,47H,12-18,23-24H2,1-11H3,(H,43,48)(H,44,49)/t25-,26-,31+,32+/m1/s1. The van der Waals surface area contributed by atoms with Crippen LogP contribution in [0, 0.1) is 0 Å². The Hall–Kier alpha value is -4.13. The van der Waals surface area contributed by atoms with Crippen molar-refractivity contribution >= 4 is 51.6 Å². The number of carbonyl (C=O) groups is 4. The van der Waals surface area contributed by atoms with Crippen LogP contribution in [0.15, 0.2) is 24.3 Å². The smallest absolute Gasteiger partial charge is 0.256 e. The van der Waals surface area contributed by atoms with Gasteiger partial charge in [-0.3, -0.25) is 19.2 Å². The van der Waals surface area contributed by atoms with Crippen LogP contribution in [-0.4, -0.2) is 113 Å². The molecule has 2 aromatic rings. The fourth-order valence-corrected chi connectivity index (χ4v) is 10.2. The second-order valence-corrected chi connectivity index (χ2v) is 28.6. The third kappa shape index (κ3) is 8.75. The van der Waals surface area contributed by atoms with Crippen molar-refractivity contribution in [1.29, 1.82) is 0 Å². The molecule has 2 saturated heterocycles. The van der Waals surface area contributed by atoms with Crippen LogP contribution in [0.5, 0.6) is 23.0 Å². The van der Waals surface area contributed by atoms with Crippen molar-refractivity contribution in [2.24, 2.45) is 0 Å². The monoisotopic (exact) mass is 838 g/mol. The Morgan fingerprint density at radius 2 is 1.09 bits per heavy atom. The largest absolute Gasteiger partial charge is 0.504 e.